The number of rotatable bonds is 3. The minimum atomic E-state index is -0.355. The molecule has 0 spiro atoms. The van der Waals surface area contributed by atoms with Crippen LogP contribution in [-0.4, -0.2) is 15.3 Å². The van der Waals surface area contributed by atoms with E-state index in [4.69, 9.17) is 4.42 Å². The number of carbonyl (C=O) groups is 1. The van der Waals surface area contributed by atoms with Crippen molar-refractivity contribution < 1.29 is 9.21 Å². The lowest BCUT2D eigenvalue weighted by Crippen LogP contribution is -2.12. The molecule has 6 heteroatoms. The summed E-state index contributed by atoms with van der Waals surface area (Å²) in [6.07, 6.45) is 3.70. The molecule has 0 radical (unpaired) electrons. The molecule has 1 N–H and O–H groups in total. The Morgan fingerprint density at radius 1 is 1.22 bits per heavy atom. The third-order valence-electron chi connectivity index (χ3n) is 4.52. The molecule has 4 rings (SSSR count). The molecule has 0 unspecified atom stereocenters. The number of aromatic nitrogens is 2. The molecule has 6 nitrogen and oxygen atoms in total. The average molecular weight is 356 g/mol. The van der Waals surface area contributed by atoms with Crippen LogP contribution >= 0.6 is 0 Å². The number of nitriles is 1. The molecule has 1 amide bonds. The first kappa shape index (κ1) is 16.6. The highest BCUT2D eigenvalue weighted by atomic mass is 16.4. The predicted molar refractivity (Wildman–Crippen MR) is 101 cm³/mol. The number of aryl methyl sites for hydroxylation is 1. The highest BCUT2D eigenvalue weighted by Crippen LogP contribution is 2.26. The maximum absolute atomic E-state index is 12.6. The molecule has 0 bridgehead atoms. The highest BCUT2D eigenvalue weighted by molar-refractivity contribution is 6.04. The lowest BCUT2D eigenvalue weighted by molar-refractivity contribution is 0.102. The van der Waals surface area contributed by atoms with Crippen LogP contribution in [-0.2, 0) is 0 Å². The van der Waals surface area contributed by atoms with Gasteiger partial charge in [-0.2, -0.15) is 5.26 Å². The van der Waals surface area contributed by atoms with Crippen LogP contribution < -0.4 is 5.32 Å². The molecule has 1 aromatic carbocycles. The van der Waals surface area contributed by atoms with E-state index in [-0.39, 0.29) is 11.8 Å². The number of benzene rings is 1. The summed E-state index contributed by atoms with van der Waals surface area (Å²) < 4.78 is 7.36. The summed E-state index contributed by atoms with van der Waals surface area (Å²) >= 11 is 0. The summed E-state index contributed by atoms with van der Waals surface area (Å²) in [6, 6.07) is 15.3. The molecule has 0 aliphatic heterocycles. The molecule has 0 aliphatic carbocycles. The first-order valence-electron chi connectivity index (χ1n) is 8.42. The SMILES string of the molecule is Cc1oc(NC(=O)c2ccn3cc(-c4ccccc4)nc3c2)c(C#N)c1C. The van der Waals surface area contributed by atoms with Crippen LogP contribution in [0.4, 0.5) is 5.88 Å². The second-order valence-corrected chi connectivity index (χ2v) is 6.23. The van der Waals surface area contributed by atoms with Gasteiger partial charge in [-0.05, 0) is 26.0 Å². The van der Waals surface area contributed by atoms with Crippen molar-refractivity contribution in [3.8, 4) is 17.3 Å². The Kier molecular flexibility index (Phi) is 3.98. The number of nitrogens with zero attached hydrogens (tertiary/aromatic N) is 3. The monoisotopic (exact) mass is 356 g/mol. The van der Waals surface area contributed by atoms with Crippen molar-refractivity contribution in [1.82, 2.24) is 9.38 Å². The normalized spacial score (nSPS) is 10.7. The first-order valence-corrected chi connectivity index (χ1v) is 8.42. The van der Waals surface area contributed by atoms with Gasteiger partial charge in [0, 0.05) is 29.1 Å². The van der Waals surface area contributed by atoms with Gasteiger partial charge in [-0.1, -0.05) is 30.3 Å². The molecule has 132 valence electrons. The van der Waals surface area contributed by atoms with Gasteiger partial charge < -0.3 is 8.82 Å². The third-order valence-corrected chi connectivity index (χ3v) is 4.52. The number of amides is 1. The van der Waals surface area contributed by atoms with Gasteiger partial charge in [0.2, 0.25) is 5.88 Å². The van der Waals surface area contributed by atoms with E-state index < -0.39 is 0 Å². The fourth-order valence-corrected chi connectivity index (χ4v) is 2.90. The van der Waals surface area contributed by atoms with Gasteiger partial charge in [0.05, 0.1) is 5.69 Å². The van der Waals surface area contributed by atoms with Crippen molar-refractivity contribution in [2.75, 3.05) is 5.32 Å². The van der Waals surface area contributed by atoms with E-state index in [9.17, 15) is 10.1 Å². The number of fused-ring (bicyclic) bond motifs is 1. The van der Waals surface area contributed by atoms with Gasteiger partial charge in [-0.25, -0.2) is 4.98 Å². The molecule has 0 aliphatic rings. The number of carbonyl (C=O) groups excluding carboxylic acids is 1. The van der Waals surface area contributed by atoms with Crippen LogP contribution in [0.5, 0.6) is 0 Å². The van der Waals surface area contributed by atoms with Crippen molar-refractivity contribution >= 4 is 17.4 Å². The Labute approximate surface area is 155 Å². The lowest BCUT2D eigenvalue weighted by Gasteiger charge is -2.03. The zero-order valence-corrected chi connectivity index (χ0v) is 14.9. The summed E-state index contributed by atoms with van der Waals surface area (Å²) in [6.45, 7) is 3.54. The van der Waals surface area contributed by atoms with Gasteiger partial charge >= 0.3 is 0 Å². The van der Waals surface area contributed by atoms with Crippen LogP contribution in [0.3, 0.4) is 0 Å². The largest absolute Gasteiger partial charge is 0.444 e. The summed E-state index contributed by atoms with van der Waals surface area (Å²) in [5.74, 6) is 0.427. The van der Waals surface area contributed by atoms with Crippen molar-refractivity contribution in [2.24, 2.45) is 0 Å². The molecule has 27 heavy (non-hydrogen) atoms. The summed E-state index contributed by atoms with van der Waals surface area (Å²) in [5.41, 5.74) is 4.00. The van der Waals surface area contributed by atoms with Crippen molar-refractivity contribution in [2.45, 2.75) is 13.8 Å². The van der Waals surface area contributed by atoms with E-state index >= 15 is 0 Å². The Morgan fingerprint density at radius 2 is 2.00 bits per heavy atom. The summed E-state index contributed by atoms with van der Waals surface area (Å²) in [4.78, 5) is 17.2. The van der Waals surface area contributed by atoms with Crippen LogP contribution in [0.25, 0.3) is 16.9 Å². The number of hydrogen-bond acceptors (Lipinski definition) is 4. The number of imidazole rings is 1. The Morgan fingerprint density at radius 3 is 2.74 bits per heavy atom. The molecule has 0 atom stereocenters. The predicted octanol–water partition coefficient (Wildman–Crippen LogP) is 4.34. The van der Waals surface area contributed by atoms with Crippen LogP contribution in [0.1, 0.15) is 27.2 Å². The molecule has 0 saturated heterocycles. The number of pyridine rings is 1. The minimum Gasteiger partial charge on any atom is -0.444 e. The second-order valence-electron chi connectivity index (χ2n) is 6.23. The molecule has 0 saturated carbocycles. The molecule has 4 aromatic rings. The smallest absolute Gasteiger partial charge is 0.258 e. The number of nitrogens with one attached hydrogen (secondary N) is 1. The van der Waals surface area contributed by atoms with Crippen LogP contribution in [0, 0.1) is 25.2 Å². The number of hydrogen-bond donors (Lipinski definition) is 1. The van der Waals surface area contributed by atoms with E-state index in [1.54, 1.807) is 32.2 Å². The van der Waals surface area contributed by atoms with E-state index in [0.29, 0.717) is 22.5 Å². The second kappa shape index (κ2) is 6.46. The first-order chi connectivity index (χ1) is 13.1. The van der Waals surface area contributed by atoms with Crippen molar-refractivity contribution in [3.05, 3.63) is 77.3 Å². The molecular weight excluding hydrogens is 340 g/mol. The van der Waals surface area contributed by atoms with Gasteiger partial charge in [0.15, 0.2) is 0 Å². The zero-order chi connectivity index (χ0) is 19.0. The Bertz CT molecular complexity index is 1200. The van der Waals surface area contributed by atoms with Gasteiger partial charge in [0.25, 0.3) is 5.91 Å². The fourth-order valence-electron chi connectivity index (χ4n) is 2.90. The minimum absolute atomic E-state index is 0.172. The van der Waals surface area contributed by atoms with E-state index in [1.165, 1.54) is 0 Å². The van der Waals surface area contributed by atoms with Crippen molar-refractivity contribution in [3.63, 3.8) is 0 Å². The fraction of sp³-hybridized carbons (Fsp3) is 0.0952. The lowest BCUT2D eigenvalue weighted by atomic mass is 10.2. The number of anilines is 1. The summed E-state index contributed by atoms with van der Waals surface area (Å²) in [7, 11) is 0. The standard InChI is InChI=1S/C21H16N4O2/c1-13-14(2)27-21(17(13)11-22)24-20(26)16-8-9-25-12-18(23-19(25)10-16)15-6-4-3-5-7-15/h3-10,12H,1-2H3,(H,24,26). The van der Waals surface area contributed by atoms with E-state index in [0.717, 1.165) is 16.8 Å². The highest BCUT2D eigenvalue weighted by Gasteiger charge is 2.18. The quantitative estimate of drug-likeness (QED) is 0.592. The van der Waals surface area contributed by atoms with E-state index in [2.05, 4.69) is 16.4 Å². The maximum atomic E-state index is 12.6. The van der Waals surface area contributed by atoms with Crippen LogP contribution in [0.15, 0.2) is 59.3 Å². The van der Waals surface area contributed by atoms with Gasteiger partial charge in [-0.15, -0.1) is 0 Å². The molecule has 3 heterocycles. The van der Waals surface area contributed by atoms with Crippen molar-refractivity contribution in [1.29, 1.82) is 5.26 Å². The number of furan rings is 1. The topological polar surface area (TPSA) is 83.3 Å². The van der Waals surface area contributed by atoms with Crippen LogP contribution in [0.2, 0.25) is 0 Å². The Hall–Kier alpha value is -3.85. The average Bonchev–Trinajstić information content (AvgIpc) is 3.22. The maximum Gasteiger partial charge on any atom is 0.258 e. The summed E-state index contributed by atoms with van der Waals surface area (Å²) in [5, 5.41) is 12.0. The van der Waals surface area contributed by atoms with E-state index in [1.807, 2.05) is 40.9 Å². The molecular formula is C21H16N4O2. The van der Waals surface area contributed by atoms with Gasteiger partial charge in [0.1, 0.15) is 23.0 Å². The van der Waals surface area contributed by atoms with Gasteiger partial charge in [-0.3, -0.25) is 10.1 Å². The Balaban J connectivity index is 1.65. The molecule has 0 fully saturated rings. The third kappa shape index (κ3) is 2.96. The molecule has 3 aromatic heterocycles. The zero-order valence-electron chi connectivity index (χ0n) is 14.9.